The lowest BCUT2D eigenvalue weighted by molar-refractivity contribution is -0.153. The van der Waals surface area contributed by atoms with Crippen LogP contribution in [-0.2, 0) is 33.8 Å². The lowest BCUT2D eigenvalue weighted by Crippen LogP contribution is -2.39. The molecule has 9 heteroatoms. The number of ether oxygens (including phenoxy) is 2. The van der Waals surface area contributed by atoms with Crippen LogP contribution in [0.3, 0.4) is 0 Å². The number of hydrogen-bond acceptors (Lipinski definition) is 6. The van der Waals surface area contributed by atoms with E-state index < -0.39 is 35.1 Å². The van der Waals surface area contributed by atoms with E-state index in [2.05, 4.69) is 5.32 Å². The largest absolute Gasteiger partial charge is 0.507 e. The van der Waals surface area contributed by atoms with E-state index in [4.69, 9.17) is 21.1 Å². The second-order valence-corrected chi connectivity index (χ2v) is 8.67. The Labute approximate surface area is 184 Å². The van der Waals surface area contributed by atoms with E-state index in [1.54, 1.807) is 45.0 Å². The summed E-state index contributed by atoms with van der Waals surface area (Å²) >= 11 is 5.94. The van der Waals surface area contributed by atoms with Gasteiger partial charge in [0.25, 0.3) is 11.5 Å². The van der Waals surface area contributed by atoms with E-state index in [1.165, 1.54) is 4.57 Å². The highest BCUT2D eigenvalue weighted by atomic mass is 35.5. The molecule has 0 unspecified atom stereocenters. The average molecular weight is 449 g/mol. The summed E-state index contributed by atoms with van der Waals surface area (Å²) in [6, 6.07) is 6.97. The topological polar surface area (TPSA) is 107 Å². The molecule has 1 aromatic carbocycles. The number of hydrogen-bond donors (Lipinski definition) is 2. The van der Waals surface area contributed by atoms with Crippen molar-refractivity contribution in [2.24, 2.45) is 0 Å². The minimum atomic E-state index is -0.840. The van der Waals surface area contributed by atoms with Crippen molar-refractivity contribution in [3.8, 4) is 5.75 Å². The molecule has 2 heterocycles. The monoisotopic (exact) mass is 448 g/mol. The van der Waals surface area contributed by atoms with E-state index in [1.807, 2.05) is 0 Å². The van der Waals surface area contributed by atoms with Gasteiger partial charge >= 0.3 is 5.97 Å². The molecule has 166 valence electrons. The van der Waals surface area contributed by atoms with Gasteiger partial charge in [-0.2, -0.15) is 0 Å². The normalized spacial score (nSPS) is 13.4. The van der Waals surface area contributed by atoms with Crippen molar-refractivity contribution in [1.82, 2.24) is 9.88 Å². The third-order valence-electron chi connectivity index (χ3n) is 4.69. The van der Waals surface area contributed by atoms with Crippen LogP contribution in [-0.4, -0.2) is 40.3 Å². The molecule has 3 rings (SSSR count). The fraction of sp³-hybridized carbons (Fsp3) is 0.409. The maximum Gasteiger partial charge on any atom is 0.325 e. The maximum absolute atomic E-state index is 13.2. The van der Waals surface area contributed by atoms with Gasteiger partial charge in [0.1, 0.15) is 23.5 Å². The van der Waals surface area contributed by atoms with Crippen LogP contribution in [0.2, 0.25) is 5.02 Å². The number of nitrogens with one attached hydrogen (secondary N) is 1. The molecule has 0 fully saturated rings. The van der Waals surface area contributed by atoms with Gasteiger partial charge in [0.15, 0.2) is 0 Å². The number of rotatable bonds is 5. The van der Waals surface area contributed by atoms with Crippen molar-refractivity contribution in [2.75, 3.05) is 13.2 Å². The fourth-order valence-electron chi connectivity index (χ4n) is 3.34. The summed E-state index contributed by atoms with van der Waals surface area (Å²) in [6.07, 6.45) is 0.356. The summed E-state index contributed by atoms with van der Waals surface area (Å²) in [5.41, 5.74) is 0.0254. The quantitative estimate of drug-likeness (QED) is 0.680. The van der Waals surface area contributed by atoms with Crippen molar-refractivity contribution in [3.63, 3.8) is 0 Å². The average Bonchev–Trinajstić information content (AvgIpc) is 2.70. The molecule has 0 atom stereocenters. The molecule has 1 aliphatic rings. The van der Waals surface area contributed by atoms with Crippen LogP contribution in [0.5, 0.6) is 5.75 Å². The minimum Gasteiger partial charge on any atom is -0.507 e. The Bertz CT molecular complexity index is 1050. The first-order valence-corrected chi connectivity index (χ1v) is 10.2. The van der Waals surface area contributed by atoms with Crippen LogP contribution in [0.1, 0.15) is 48.0 Å². The van der Waals surface area contributed by atoms with Crippen molar-refractivity contribution < 1.29 is 24.2 Å². The van der Waals surface area contributed by atoms with Gasteiger partial charge in [0.05, 0.1) is 25.5 Å². The molecule has 2 N–H and O–H groups in total. The zero-order valence-electron chi connectivity index (χ0n) is 17.7. The highest BCUT2D eigenvalue weighted by molar-refractivity contribution is 6.30. The summed E-state index contributed by atoms with van der Waals surface area (Å²) in [7, 11) is 0. The van der Waals surface area contributed by atoms with Gasteiger partial charge in [0.2, 0.25) is 0 Å². The SMILES string of the molecule is CC(C)(C)OC(=O)CNC(=O)c1c(O)c2c(n(Cc3ccc(Cl)cc3)c1=O)COCC2. The van der Waals surface area contributed by atoms with Gasteiger partial charge in [-0.1, -0.05) is 23.7 Å². The minimum absolute atomic E-state index is 0.144. The Morgan fingerprint density at radius 2 is 1.94 bits per heavy atom. The fourth-order valence-corrected chi connectivity index (χ4v) is 3.47. The number of nitrogens with zero attached hydrogens (tertiary/aromatic N) is 1. The number of benzene rings is 1. The van der Waals surface area contributed by atoms with Crippen LogP contribution in [0.4, 0.5) is 0 Å². The number of halogens is 1. The number of carbonyl (C=O) groups excluding carboxylic acids is 2. The van der Waals surface area contributed by atoms with Gasteiger partial charge in [-0.25, -0.2) is 0 Å². The maximum atomic E-state index is 13.2. The zero-order chi connectivity index (χ0) is 22.8. The number of aromatic nitrogens is 1. The molecule has 0 saturated heterocycles. The number of aromatic hydroxyl groups is 1. The van der Waals surface area contributed by atoms with Crippen molar-refractivity contribution in [2.45, 2.75) is 45.9 Å². The van der Waals surface area contributed by atoms with Crippen LogP contribution in [0.15, 0.2) is 29.1 Å². The molecular weight excluding hydrogens is 424 g/mol. The lowest BCUT2D eigenvalue weighted by Gasteiger charge is -2.24. The summed E-state index contributed by atoms with van der Waals surface area (Å²) in [5, 5.41) is 13.6. The Balaban J connectivity index is 1.95. The highest BCUT2D eigenvalue weighted by Crippen LogP contribution is 2.28. The Hall–Kier alpha value is -2.84. The number of fused-ring (bicyclic) bond motifs is 1. The lowest BCUT2D eigenvalue weighted by atomic mass is 10.0. The molecule has 1 aromatic heterocycles. The standard InChI is InChI=1S/C22H25ClN2O6/c1-22(2,3)31-17(26)10-24-20(28)18-19(27)15-8-9-30-12-16(15)25(21(18)29)11-13-4-6-14(23)7-5-13/h4-7,27H,8-12H2,1-3H3,(H,24,28). The van der Waals surface area contributed by atoms with Crippen LogP contribution >= 0.6 is 11.6 Å². The Morgan fingerprint density at radius 1 is 1.26 bits per heavy atom. The van der Waals surface area contributed by atoms with Gasteiger partial charge in [0, 0.05) is 17.0 Å². The van der Waals surface area contributed by atoms with E-state index >= 15 is 0 Å². The first-order valence-electron chi connectivity index (χ1n) is 9.86. The summed E-state index contributed by atoms with van der Waals surface area (Å²) in [4.78, 5) is 37.9. The predicted molar refractivity (Wildman–Crippen MR) is 114 cm³/mol. The Kier molecular flexibility index (Phi) is 6.71. The van der Waals surface area contributed by atoms with E-state index in [9.17, 15) is 19.5 Å². The molecule has 2 aromatic rings. The van der Waals surface area contributed by atoms with E-state index in [-0.39, 0.29) is 18.9 Å². The first-order chi connectivity index (χ1) is 14.6. The van der Waals surface area contributed by atoms with Gasteiger partial charge in [-0.15, -0.1) is 0 Å². The third kappa shape index (κ3) is 5.45. The summed E-state index contributed by atoms with van der Waals surface area (Å²) in [6.45, 7) is 5.38. The van der Waals surface area contributed by atoms with Crippen LogP contribution < -0.4 is 10.9 Å². The Morgan fingerprint density at radius 3 is 2.58 bits per heavy atom. The van der Waals surface area contributed by atoms with Crippen molar-refractivity contribution in [1.29, 1.82) is 0 Å². The van der Waals surface area contributed by atoms with E-state index in [0.29, 0.717) is 29.3 Å². The molecule has 31 heavy (non-hydrogen) atoms. The second-order valence-electron chi connectivity index (χ2n) is 8.24. The van der Waals surface area contributed by atoms with Gasteiger partial charge in [-0.3, -0.25) is 14.4 Å². The number of pyridine rings is 1. The smallest absolute Gasteiger partial charge is 0.325 e. The molecule has 0 bridgehead atoms. The summed E-state index contributed by atoms with van der Waals surface area (Å²) < 4.78 is 12.1. The van der Waals surface area contributed by atoms with Crippen LogP contribution in [0.25, 0.3) is 0 Å². The molecule has 0 spiro atoms. The molecule has 0 radical (unpaired) electrons. The first kappa shape index (κ1) is 22.8. The molecule has 0 saturated carbocycles. The zero-order valence-corrected chi connectivity index (χ0v) is 18.4. The number of amides is 1. The number of carbonyl (C=O) groups is 2. The second kappa shape index (κ2) is 9.11. The molecule has 0 aliphatic carbocycles. The summed E-state index contributed by atoms with van der Waals surface area (Å²) in [5.74, 6) is -1.86. The van der Waals surface area contributed by atoms with Crippen molar-refractivity contribution >= 4 is 23.5 Å². The molecular formula is C22H25ClN2O6. The van der Waals surface area contributed by atoms with Gasteiger partial charge < -0.3 is 24.5 Å². The third-order valence-corrected chi connectivity index (χ3v) is 4.94. The highest BCUT2D eigenvalue weighted by Gasteiger charge is 2.28. The predicted octanol–water partition coefficient (Wildman–Crippen LogP) is 2.40. The molecule has 8 nitrogen and oxygen atoms in total. The molecule has 1 amide bonds. The molecule has 1 aliphatic heterocycles. The van der Waals surface area contributed by atoms with Crippen LogP contribution in [0, 0.1) is 0 Å². The van der Waals surface area contributed by atoms with Gasteiger partial charge in [-0.05, 0) is 38.5 Å². The van der Waals surface area contributed by atoms with E-state index in [0.717, 1.165) is 5.56 Å². The number of esters is 1. The van der Waals surface area contributed by atoms with Crippen molar-refractivity contribution in [3.05, 3.63) is 62.0 Å².